The number of rotatable bonds is 9. The molecule has 0 saturated carbocycles. The Balaban J connectivity index is 1.49. The maximum atomic E-state index is 14.0. The second-order valence-electron chi connectivity index (χ2n) is 8.18. The van der Waals surface area contributed by atoms with Gasteiger partial charge >= 0.3 is 0 Å². The van der Waals surface area contributed by atoms with Crippen molar-refractivity contribution in [1.82, 2.24) is 15.5 Å². The summed E-state index contributed by atoms with van der Waals surface area (Å²) in [6, 6.07) is 9.83. The van der Waals surface area contributed by atoms with Crippen molar-refractivity contribution in [3.63, 3.8) is 0 Å². The number of guanidine groups is 1. The first kappa shape index (κ1) is 23.1. The van der Waals surface area contributed by atoms with Gasteiger partial charge < -0.3 is 19.8 Å². The first-order valence-corrected chi connectivity index (χ1v) is 11.2. The lowest BCUT2D eigenvalue weighted by Gasteiger charge is -2.33. The number of aliphatic imine (C=N–C) groups is 1. The highest BCUT2D eigenvalue weighted by Crippen LogP contribution is 2.20. The Labute approximate surface area is 184 Å². The van der Waals surface area contributed by atoms with Crippen LogP contribution in [0.1, 0.15) is 44.4 Å². The fourth-order valence-electron chi connectivity index (χ4n) is 3.70. The zero-order valence-electron chi connectivity index (χ0n) is 18.9. The van der Waals surface area contributed by atoms with Crippen molar-refractivity contribution in [2.75, 3.05) is 26.7 Å². The molecular formula is C24H35FN4O2. The van der Waals surface area contributed by atoms with Crippen molar-refractivity contribution < 1.29 is 13.5 Å². The Hall–Kier alpha value is -2.54. The number of piperidine rings is 1. The molecule has 2 N–H and O–H groups in total. The number of hydrogen-bond donors (Lipinski definition) is 2. The van der Waals surface area contributed by atoms with Crippen molar-refractivity contribution in [1.29, 1.82) is 0 Å². The summed E-state index contributed by atoms with van der Waals surface area (Å²) in [7, 11) is 1.49. The molecule has 0 bridgehead atoms. The zero-order valence-corrected chi connectivity index (χ0v) is 18.9. The molecule has 1 unspecified atom stereocenters. The molecule has 31 heavy (non-hydrogen) atoms. The maximum Gasteiger partial charge on any atom is 0.191 e. The van der Waals surface area contributed by atoms with E-state index < -0.39 is 0 Å². The fourth-order valence-corrected chi connectivity index (χ4v) is 3.70. The van der Waals surface area contributed by atoms with E-state index in [9.17, 15) is 4.39 Å². The minimum Gasteiger partial charge on any atom is -0.494 e. The normalized spacial score (nSPS) is 16.8. The van der Waals surface area contributed by atoms with Gasteiger partial charge in [-0.3, -0.25) is 9.89 Å². The van der Waals surface area contributed by atoms with Gasteiger partial charge in [-0.2, -0.15) is 0 Å². The lowest BCUT2D eigenvalue weighted by atomic mass is 10.0. The Morgan fingerprint density at radius 1 is 1.32 bits per heavy atom. The van der Waals surface area contributed by atoms with E-state index in [0.717, 1.165) is 62.6 Å². The molecule has 1 aliphatic heterocycles. The number of nitrogens with one attached hydrogen (secondary N) is 2. The number of furan rings is 1. The van der Waals surface area contributed by atoms with E-state index in [1.807, 2.05) is 18.2 Å². The first-order chi connectivity index (χ1) is 15.1. The third kappa shape index (κ3) is 7.28. The first-order valence-electron chi connectivity index (χ1n) is 11.2. The average molecular weight is 431 g/mol. The third-order valence-electron chi connectivity index (χ3n) is 5.75. The largest absolute Gasteiger partial charge is 0.494 e. The van der Waals surface area contributed by atoms with Gasteiger partial charge in [-0.15, -0.1) is 0 Å². The molecule has 6 nitrogen and oxygen atoms in total. The standard InChI is InChI=1S/C24H35FN4O2/c1-4-18(2)27-24(26-12-9-21-6-5-15-31-21)28-20-10-13-29(14-11-20)17-19-7-8-23(30-3)22(25)16-19/h5-8,15-16,18,20H,4,9-14,17H2,1-3H3,(H2,26,27,28). The Morgan fingerprint density at radius 2 is 2.13 bits per heavy atom. The number of likely N-dealkylation sites (tertiary alicyclic amines) is 1. The molecule has 2 heterocycles. The van der Waals surface area contributed by atoms with Crippen molar-refractivity contribution in [3.8, 4) is 5.75 Å². The van der Waals surface area contributed by atoms with Gasteiger partial charge in [-0.1, -0.05) is 13.0 Å². The highest BCUT2D eigenvalue weighted by molar-refractivity contribution is 5.80. The van der Waals surface area contributed by atoms with E-state index >= 15 is 0 Å². The predicted octanol–water partition coefficient (Wildman–Crippen LogP) is 3.97. The van der Waals surface area contributed by atoms with Gasteiger partial charge in [0, 0.05) is 44.7 Å². The Bertz CT molecular complexity index is 817. The SMILES string of the molecule is CCC(C)NC(=NCCc1ccco1)NC1CCN(Cc2ccc(OC)c(F)c2)CC1. The van der Waals surface area contributed by atoms with Crippen LogP contribution in [0.25, 0.3) is 0 Å². The van der Waals surface area contributed by atoms with Crippen LogP contribution >= 0.6 is 0 Å². The fraction of sp³-hybridized carbons (Fsp3) is 0.542. The minimum absolute atomic E-state index is 0.291. The molecule has 0 amide bonds. The van der Waals surface area contributed by atoms with E-state index in [4.69, 9.17) is 14.1 Å². The Kier molecular flexibility index (Phi) is 8.76. The van der Waals surface area contributed by atoms with Crippen LogP contribution in [0.4, 0.5) is 4.39 Å². The van der Waals surface area contributed by atoms with Crippen molar-refractivity contribution >= 4 is 5.96 Å². The van der Waals surface area contributed by atoms with E-state index in [2.05, 4.69) is 29.4 Å². The van der Waals surface area contributed by atoms with Crippen molar-refractivity contribution in [2.45, 2.75) is 58.2 Å². The molecule has 1 aromatic heterocycles. The van der Waals surface area contributed by atoms with Crippen LogP contribution in [-0.2, 0) is 13.0 Å². The van der Waals surface area contributed by atoms with Crippen LogP contribution in [0.2, 0.25) is 0 Å². The molecule has 2 aromatic rings. The van der Waals surface area contributed by atoms with Gasteiger partial charge in [-0.05, 0) is 56.0 Å². The Morgan fingerprint density at radius 3 is 2.77 bits per heavy atom. The van der Waals surface area contributed by atoms with E-state index in [1.54, 1.807) is 18.4 Å². The number of methoxy groups -OCH3 is 1. The van der Waals surface area contributed by atoms with Gasteiger partial charge in [0.25, 0.3) is 0 Å². The quantitative estimate of drug-likeness (QED) is 0.466. The molecule has 0 radical (unpaired) electrons. The highest BCUT2D eigenvalue weighted by atomic mass is 19.1. The summed E-state index contributed by atoms with van der Waals surface area (Å²) in [6.45, 7) is 7.70. The number of hydrogen-bond acceptors (Lipinski definition) is 4. The summed E-state index contributed by atoms with van der Waals surface area (Å²) in [5, 5.41) is 7.12. The lowest BCUT2D eigenvalue weighted by molar-refractivity contribution is 0.198. The molecule has 1 aromatic carbocycles. The van der Waals surface area contributed by atoms with Gasteiger partial charge in [0.1, 0.15) is 5.76 Å². The molecule has 1 aliphatic rings. The minimum atomic E-state index is -0.303. The average Bonchev–Trinajstić information content (AvgIpc) is 3.28. The summed E-state index contributed by atoms with van der Waals surface area (Å²) in [5.41, 5.74) is 0.975. The number of benzene rings is 1. The molecule has 3 rings (SSSR count). The topological polar surface area (TPSA) is 62.0 Å². The molecule has 1 saturated heterocycles. The number of halogens is 1. The van der Waals surface area contributed by atoms with Gasteiger partial charge in [0.05, 0.1) is 13.4 Å². The molecule has 1 atom stereocenters. The summed E-state index contributed by atoms with van der Waals surface area (Å²) in [4.78, 5) is 7.13. The molecule has 0 spiro atoms. The molecular weight excluding hydrogens is 395 g/mol. The van der Waals surface area contributed by atoms with Gasteiger partial charge in [0.15, 0.2) is 17.5 Å². The highest BCUT2D eigenvalue weighted by Gasteiger charge is 2.21. The molecule has 170 valence electrons. The smallest absolute Gasteiger partial charge is 0.191 e. The van der Waals surface area contributed by atoms with Crippen LogP contribution in [0, 0.1) is 5.82 Å². The van der Waals surface area contributed by atoms with E-state index in [1.165, 1.54) is 7.11 Å². The van der Waals surface area contributed by atoms with E-state index in [0.29, 0.717) is 24.4 Å². The van der Waals surface area contributed by atoms with Crippen molar-refractivity contribution in [2.24, 2.45) is 4.99 Å². The predicted molar refractivity (Wildman–Crippen MR) is 122 cm³/mol. The van der Waals surface area contributed by atoms with Gasteiger partial charge in [-0.25, -0.2) is 4.39 Å². The number of nitrogens with zero attached hydrogens (tertiary/aromatic N) is 2. The molecule has 1 fully saturated rings. The van der Waals surface area contributed by atoms with Crippen LogP contribution in [0.15, 0.2) is 46.0 Å². The summed E-state index contributed by atoms with van der Waals surface area (Å²) < 4.78 is 24.4. The van der Waals surface area contributed by atoms with Crippen LogP contribution in [0.3, 0.4) is 0 Å². The van der Waals surface area contributed by atoms with E-state index in [-0.39, 0.29) is 5.82 Å². The zero-order chi connectivity index (χ0) is 22.1. The van der Waals surface area contributed by atoms with Crippen LogP contribution < -0.4 is 15.4 Å². The monoisotopic (exact) mass is 430 g/mol. The second-order valence-corrected chi connectivity index (χ2v) is 8.18. The van der Waals surface area contributed by atoms with Gasteiger partial charge in [0.2, 0.25) is 0 Å². The number of ether oxygens (including phenoxy) is 1. The summed E-state index contributed by atoms with van der Waals surface area (Å²) in [5.74, 6) is 1.81. The van der Waals surface area contributed by atoms with Crippen molar-refractivity contribution in [3.05, 3.63) is 53.7 Å². The van der Waals surface area contributed by atoms with Crippen LogP contribution in [0.5, 0.6) is 5.75 Å². The second kappa shape index (κ2) is 11.7. The molecule has 7 heteroatoms. The third-order valence-corrected chi connectivity index (χ3v) is 5.75. The maximum absolute atomic E-state index is 14.0. The lowest BCUT2D eigenvalue weighted by Crippen LogP contribution is -2.50. The summed E-state index contributed by atoms with van der Waals surface area (Å²) in [6.07, 6.45) is 5.58. The molecule has 0 aliphatic carbocycles. The van der Waals surface area contributed by atoms with Crippen LogP contribution in [-0.4, -0.2) is 49.7 Å². The summed E-state index contributed by atoms with van der Waals surface area (Å²) >= 11 is 0.